The summed E-state index contributed by atoms with van der Waals surface area (Å²) in [7, 11) is 0. The Morgan fingerprint density at radius 3 is 1.85 bits per heavy atom. The minimum Gasteiger partial charge on any atom is -0.507 e. The zero-order chi connectivity index (χ0) is 31.5. The van der Waals surface area contributed by atoms with Gasteiger partial charge >= 0.3 is 0 Å². The highest BCUT2D eigenvalue weighted by atomic mass is 16.3. The normalized spacial score (nSPS) is 12.6. The Balaban J connectivity index is 1.42. The van der Waals surface area contributed by atoms with Gasteiger partial charge in [-0.05, 0) is 104 Å². The molecule has 222 valence electrons. The van der Waals surface area contributed by atoms with Gasteiger partial charge in [-0.25, -0.2) is 9.97 Å². The smallest absolute Gasteiger partial charge is 0.165 e. The summed E-state index contributed by atoms with van der Waals surface area (Å²) < 4.78 is 0. The highest BCUT2D eigenvalue weighted by Crippen LogP contribution is 2.47. The van der Waals surface area contributed by atoms with Gasteiger partial charge in [-0.2, -0.15) is 0 Å². The summed E-state index contributed by atoms with van der Waals surface area (Å²) in [6, 6.07) is 45.7. The van der Waals surface area contributed by atoms with Crippen molar-refractivity contribution in [1.29, 1.82) is 0 Å². The molecule has 9 rings (SSSR count). The molecule has 1 N–H and O–H groups in total. The van der Waals surface area contributed by atoms with Crippen molar-refractivity contribution in [3.8, 4) is 50.4 Å². The number of benzene rings is 6. The molecule has 2 heterocycles. The van der Waals surface area contributed by atoms with Gasteiger partial charge in [0.25, 0.3) is 0 Å². The Morgan fingerprint density at radius 1 is 0.532 bits per heavy atom. The molecule has 8 aromatic rings. The van der Waals surface area contributed by atoms with Crippen LogP contribution in [-0.4, -0.2) is 20.9 Å². The SMILES string of the molecule is O=C1CCc2c(O)c3ccccc3c3cc(-c4cc(-c5ccccc5)cc(-c5ccccc5)c4)cc(c23)-c2nc3ncccc3cc21. The second-order valence-corrected chi connectivity index (χ2v) is 12.2. The summed E-state index contributed by atoms with van der Waals surface area (Å²) >= 11 is 0. The summed E-state index contributed by atoms with van der Waals surface area (Å²) in [6.45, 7) is 0. The van der Waals surface area contributed by atoms with Crippen LogP contribution < -0.4 is 0 Å². The van der Waals surface area contributed by atoms with Gasteiger partial charge < -0.3 is 5.11 Å². The monoisotopic (exact) mass is 604 g/mol. The van der Waals surface area contributed by atoms with Gasteiger partial charge in [0.1, 0.15) is 5.75 Å². The molecule has 0 spiro atoms. The van der Waals surface area contributed by atoms with Crippen molar-refractivity contribution in [3.63, 3.8) is 0 Å². The number of aromatic nitrogens is 2. The molecule has 0 saturated heterocycles. The number of carbonyl (C=O) groups excluding carboxylic acids is 1. The number of rotatable bonds is 3. The average Bonchev–Trinajstić information content (AvgIpc) is 3.14. The predicted molar refractivity (Wildman–Crippen MR) is 191 cm³/mol. The molecule has 47 heavy (non-hydrogen) atoms. The maximum Gasteiger partial charge on any atom is 0.165 e. The number of nitrogens with zero attached hydrogens (tertiary/aromatic N) is 2. The number of fused-ring (bicyclic) bond motifs is 5. The molecule has 0 fully saturated rings. The lowest BCUT2D eigenvalue weighted by molar-refractivity contribution is 0.0983. The van der Waals surface area contributed by atoms with Gasteiger partial charge in [0.15, 0.2) is 11.4 Å². The molecule has 1 aliphatic rings. The Labute approximate surface area is 271 Å². The van der Waals surface area contributed by atoms with E-state index in [2.05, 4.69) is 89.9 Å². The van der Waals surface area contributed by atoms with Crippen molar-refractivity contribution < 1.29 is 9.90 Å². The molecule has 0 saturated carbocycles. The van der Waals surface area contributed by atoms with E-state index in [-0.39, 0.29) is 18.0 Å². The first-order valence-electron chi connectivity index (χ1n) is 15.9. The molecule has 6 aromatic carbocycles. The van der Waals surface area contributed by atoms with E-state index in [0.717, 1.165) is 71.4 Å². The minimum atomic E-state index is 0.00690. The van der Waals surface area contributed by atoms with Crippen molar-refractivity contribution in [1.82, 2.24) is 9.97 Å². The van der Waals surface area contributed by atoms with Gasteiger partial charge in [0, 0.05) is 40.1 Å². The molecule has 0 bridgehead atoms. The summed E-state index contributed by atoms with van der Waals surface area (Å²) in [5, 5.41) is 16.2. The molecule has 1 aliphatic carbocycles. The third-order valence-electron chi connectivity index (χ3n) is 9.43. The van der Waals surface area contributed by atoms with Crippen LogP contribution in [0.1, 0.15) is 22.3 Å². The third-order valence-corrected chi connectivity index (χ3v) is 9.43. The van der Waals surface area contributed by atoms with E-state index < -0.39 is 0 Å². The molecular weight excluding hydrogens is 576 g/mol. The first kappa shape index (κ1) is 27.2. The Kier molecular flexibility index (Phi) is 6.22. The number of hydrogen-bond acceptors (Lipinski definition) is 4. The van der Waals surface area contributed by atoms with Crippen LogP contribution in [0.15, 0.2) is 140 Å². The van der Waals surface area contributed by atoms with Crippen LogP contribution in [0.2, 0.25) is 0 Å². The molecule has 4 nitrogen and oxygen atoms in total. The quantitative estimate of drug-likeness (QED) is 0.204. The molecule has 0 radical (unpaired) electrons. The van der Waals surface area contributed by atoms with Crippen molar-refractivity contribution in [2.75, 3.05) is 0 Å². The number of ketones is 1. The van der Waals surface area contributed by atoms with Gasteiger partial charge in [-0.15, -0.1) is 0 Å². The number of aromatic hydroxyl groups is 1. The standard InChI is InChI=1S/C43H28N2O2/c46-39-18-17-35-40-36(33-15-7-8-16-34(33)42(35)47)24-32(25-38(40)41-37(39)23-28-14-9-19-44-43(28)45-41)31-21-29(26-10-3-1-4-11-26)20-30(22-31)27-12-5-2-6-13-27/h1-16,19-25,47H,17-18H2. The molecule has 0 unspecified atom stereocenters. The van der Waals surface area contributed by atoms with Crippen molar-refractivity contribution in [2.45, 2.75) is 12.8 Å². The van der Waals surface area contributed by atoms with E-state index in [0.29, 0.717) is 23.3 Å². The molecule has 4 heteroatoms. The summed E-state index contributed by atoms with van der Waals surface area (Å²) in [5.74, 6) is 0.238. The molecule has 2 aromatic heterocycles. The Morgan fingerprint density at radius 2 is 1.15 bits per heavy atom. The Bertz CT molecular complexity index is 2480. The minimum absolute atomic E-state index is 0.00690. The van der Waals surface area contributed by atoms with E-state index in [4.69, 9.17) is 4.98 Å². The lowest BCUT2D eigenvalue weighted by Gasteiger charge is -2.22. The number of phenolic OH excluding ortho intramolecular Hbond substituents is 1. The van der Waals surface area contributed by atoms with Gasteiger partial charge in [-0.1, -0.05) is 84.9 Å². The average molecular weight is 605 g/mol. The molecular formula is C43H28N2O2. The third kappa shape index (κ3) is 4.49. The maximum atomic E-state index is 13.8. The van der Waals surface area contributed by atoms with Crippen LogP contribution in [-0.2, 0) is 6.42 Å². The molecule has 0 amide bonds. The summed E-state index contributed by atoms with van der Waals surface area (Å²) in [6.07, 6.45) is 2.44. The fourth-order valence-corrected chi connectivity index (χ4v) is 7.17. The van der Waals surface area contributed by atoms with Crippen molar-refractivity contribution >= 4 is 38.4 Å². The predicted octanol–water partition coefficient (Wildman–Crippen LogP) is 10.4. The van der Waals surface area contributed by atoms with E-state index in [1.165, 1.54) is 0 Å². The number of hydrogen-bond donors (Lipinski definition) is 1. The van der Waals surface area contributed by atoms with Crippen LogP contribution in [0.4, 0.5) is 0 Å². The van der Waals surface area contributed by atoms with Gasteiger partial charge in [0.2, 0.25) is 0 Å². The van der Waals surface area contributed by atoms with Crippen LogP contribution in [0, 0.1) is 0 Å². The van der Waals surface area contributed by atoms with E-state index >= 15 is 0 Å². The second-order valence-electron chi connectivity index (χ2n) is 12.2. The lowest BCUT2D eigenvalue weighted by Crippen LogP contribution is -2.10. The highest BCUT2D eigenvalue weighted by Gasteiger charge is 2.26. The van der Waals surface area contributed by atoms with E-state index in [1.807, 2.05) is 48.5 Å². The highest BCUT2D eigenvalue weighted by molar-refractivity contribution is 6.19. The fraction of sp³-hybridized carbons (Fsp3) is 0.0465. The lowest BCUT2D eigenvalue weighted by atomic mass is 9.83. The summed E-state index contributed by atoms with van der Waals surface area (Å²) in [5.41, 5.74) is 9.95. The largest absolute Gasteiger partial charge is 0.507 e. The number of phenols is 1. The fourth-order valence-electron chi connectivity index (χ4n) is 7.17. The van der Waals surface area contributed by atoms with E-state index in [1.54, 1.807) is 6.20 Å². The van der Waals surface area contributed by atoms with Crippen molar-refractivity contribution in [3.05, 3.63) is 151 Å². The van der Waals surface area contributed by atoms with E-state index in [9.17, 15) is 9.90 Å². The number of aryl methyl sites for hydroxylation is 1. The van der Waals surface area contributed by atoms with Crippen LogP contribution in [0.5, 0.6) is 5.75 Å². The van der Waals surface area contributed by atoms with Crippen molar-refractivity contribution in [2.24, 2.45) is 0 Å². The van der Waals surface area contributed by atoms with Crippen LogP contribution in [0.3, 0.4) is 0 Å². The zero-order valence-electron chi connectivity index (χ0n) is 25.4. The topological polar surface area (TPSA) is 63.1 Å². The first-order valence-corrected chi connectivity index (χ1v) is 15.9. The van der Waals surface area contributed by atoms with Gasteiger partial charge in [-0.3, -0.25) is 4.79 Å². The molecule has 0 atom stereocenters. The number of Topliss-reactive ketones (excluding diaryl/α,β-unsaturated/α-hetero) is 1. The van der Waals surface area contributed by atoms with Gasteiger partial charge in [0.05, 0.1) is 5.69 Å². The molecule has 0 aliphatic heterocycles. The Hall–Kier alpha value is -6.13. The second kappa shape index (κ2) is 10.7. The summed E-state index contributed by atoms with van der Waals surface area (Å²) in [4.78, 5) is 23.4. The number of carbonyl (C=O) groups is 1. The first-order chi connectivity index (χ1) is 23.1. The number of pyridine rings is 2. The van der Waals surface area contributed by atoms with Crippen LogP contribution in [0.25, 0.3) is 77.2 Å². The van der Waals surface area contributed by atoms with Crippen LogP contribution >= 0.6 is 0 Å². The maximum absolute atomic E-state index is 13.8. The zero-order valence-corrected chi connectivity index (χ0v) is 25.4.